The molecule has 5 aromatic rings. The van der Waals surface area contributed by atoms with E-state index in [2.05, 4.69) is 21.0 Å². The molecule has 7 heteroatoms. The van der Waals surface area contributed by atoms with E-state index in [1.54, 1.807) is 48.7 Å². The fourth-order valence-electron chi connectivity index (χ4n) is 3.27. The molecule has 0 bridgehead atoms. The van der Waals surface area contributed by atoms with Crippen molar-refractivity contribution in [3.8, 4) is 21.7 Å². The maximum absolute atomic E-state index is 12.9. The highest BCUT2D eigenvalue weighted by Gasteiger charge is 2.21. The smallest absolute Gasteiger partial charge is 0.215 e. The molecule has 142 valence electrons. The van der Waals surface area contributed by atoms with Crippen molar-refractivity contribution in [3.63, 3.8) is 0 Å². The van der Waals surface area contributed by atoms with Crippen molar-refractivity contribution in [2.24, 2.45) is 0 Å². The van der Waals surface area contributed by atoms with Crippen LogP contribution in [-0.2, 0) is 9.84 Å². The molecular formula is C22H15N3O2S2. The van der Waals surface area contributed by atoms with Crippen LogP contribution in [0.15, 0.2) is 94.6 Å². The van der Waals surface area contributed by atoms with E-state index in [1.165, 1.54) is 17.7 Å². The zero-order valence-electron chi connectivity index (χ0n) is 15.1. The molecule has 0 radical (unpaired) electrons. The van der Waals surface area contributed by atoms with Crippen molar-refractivity contribution >= 4 is 32.1 Å². The maximum atomic E-state index is 12.9. The Kier molecular flexibility index (Phi) is 4.26. The quantitative estimate of drug-likeness (QED) is 0.437. The van der Waals surface area contributed by atoms with Crippen LogP contribution in [0.5, 0.6) is 0 Å². The largest absolute Gasteiger partial charge is 0.361 e. The highest BCUT2D eigenvalue weighted by Crippen LogP contribution is 2.37. The van der Waals surface area contributed by atoms with Gasteiger partial charge in [-0.3, -0.25) is 0 Å². The molecule has 2 aromatic carbocycles. The number of hydrogen-bond donors (Lipinski definition) is 1. The highest BCUT2D eigenvalue weighted by molar-refractivity contribution is 7.93. The van der Waals surface area contributed by atoms with Gasteiger partial charge >= 0.3 is 0 Å². The monoisotopic (exact) mass is 417 g/mol. The number of fused-ring (bicyclic) bond motifs is 1. The maximum Gasteiger partial charge on any atom is 0.215 e. The Morgan fingerprint density at radius 3 is 2.66 bits per heavy atom. The summed E-state index contributed by atoms with van der Waals surface area (Å²) in [6.07, 6.45) is 5.15. The molecule has 0 unspecified atom stereocenters. The zero-order valence-corrected chi connectivity index (χ0v) is 16.7. The van der Waals surface area contributed by atoms with Crippen LogP contribution in [0.1, 0.15) is 0 Å². The van der Waals surface area contributed by atoms with Crippen LogP contribution in [0.25, 0.3) is 32.6 Å². The number of nitrogens with zero attached hydrogens (tertiary/aromatic N) is 2. The topological polar surface area (TPSA) is 75.7 Å². The number of nitrogens with one attached hydrogen (secondary N) is 1. The average Bonchev–Trinajstić information content (AvgIpc) is 3.44. The minimum atomic E-state index is -3.55. The Morgan fingerprint density at radius 1 is 0.931 bits per heavy atom. The van der Waals surface area contributed by atoms with Gasteiger partial charge in [-0.25, -0.2) is 18.4 Å². The number of rotatable bonds is 4. The summed E-state index contributed by atoms with van der Waals surface area (Å²) in [6, 6.07) is 20.0. The number of aromatic amines is 1. The number of benzene rings is 2. The van der Waals surface area contributed by atoms with Crippen molar-refractivity contribution < 1.29 is 8.42 Å². The van der Waals surface area contributed by atoms with Gasteiger partial charge < -0.3 is 4.98 Å². The third kappa shape index (κ3) is 3.14. The van der Waals surface area contributed by atoms with E-state index in [4.69, 9.17) is 0 Å². The first kappa shape index (κ1) is 17.8. The summed E-state index contributed by atoms with van der Waals surface area (Å²) in [6.45, 7) is 0. The lowest BCUT2D eigenvalue weighted by molar-refractivity contribution is 0.598. The van der Waals surface area contributed by atoms with Crippen LogP contribution < -0.4 is 0 Å². The molecule has 0 saturated heterocycles. The first-order valence-electron chi connectivity index (χ1n) is 8.91. The second kappa shape index (κ2) is 6.95. The second-order valence-corrected chi connectivity index (χ2v) is 9.76. The van der Waals surface area contributed by atoms with Gasteiger partial charge in [0.15, 0.2) is 0 Å². The van der Waals surface area contributed by atoms with Crippen LogP contribution in [0.2, 0.25) is 0 Å². The lowest BCUT2D eigenvalue weighted by atomic mass is 10.0. The molecule has 5 nitrogen and oxygen atoms in total. The van der Waals surface area contributed by atoms with Gasteiger partial charge in [-0.2, -0.15) is 0 Å². The molecule has 3 aromatic heterocycles. The number of thiophene rings is 1. The van der Waals surface area contributed by atoms with Crippen LogP contribution in [-0.4, -0.2) is 23.4 Å². The van der Waals surface area contributed by atoms with Gasteiger partial charge in [-0.15, -0.1) is 11.3 Å². The molecule has 29 heavy (non-hydrogen) atoms. The molecule has 0 aliphatic rings. The van der Waals surface area contributed by atoms with Gasteiger partial charge in [0.2, 0.25) is 9.84 Å². The highest BCUT2D eigenvalue weighted by atomic mass is 32.2. The molecule has 5 rings (SSSR count). The lowest BCUT2D eigenvalue weighted by Gasteiger charge is -2.07. The van der Waals surface area contributed by atoms with Crippen LogP contribution in [0.3, 0.4) is 0 Å². The summed E-state index contributed by atoms with van der Waals surface area (Å²) in [5, 5.41) is 1.09. The fraction of sp³-hybridized carbons (Fsp3) is 0. The molecule has 0 amide bonds. The van der Waals surface area contributed by atoms with E-state index >= 15 is 0 Å². The van der Waals surface area contributed by atoms with Gasteiger partial charge in [0.25, 0.3) is 0 Å². The number of sulfone groups is 1. The molecule has 0 aliphatic heterocycles. The first-order valence-corrected chi connectivity index (χ1v) is 11.2. The Labute approximate surface area is 171 Å². The zero-order chi connectivity index (χ0) is 19.8. The Bertz CT molecular complexity index is 1420. The average molecular weight is 418 g/mol. The molecule has 0 saturated carbocycles. The van der Waals surface area contributed by atoms with Gasteiger partial charge in [0.05, 0.1) is 15.5 Å². The van der Waals surface area contributed by atoms with Crippen LogP contribution in [0.4, 0.5) is 0 Å². The summed E-state index contributed by atoms with van der Waals surface area (Å²) >= 11 is 1.22. The summed E-state index contributed by atoms with van der Waals surface area (Å²) < 4.78 is 26.1. The van der Waals surface area contributed by atoms with Crippen molar-refractivity contribution in [3.05, 3.63) is 85.5 Å². The Hall–Kier alpha value is -3.29. The van der Waals surface area contributed by atoms with Crippen LogP contribution in [0, 0.1) is 0 Å². The van der Waals surface area contributed by atoms with E-state index < -0.39 is 9.84 Å². The minimum absolute atomic E-state index is 0.286. The van der Waals surface area contributed by atoms with E-state index in [9.17, 15) is 8.42 Å². The van der Waals surface area contributed by atoms with Gasteiger partial charge in [0, 0.05) is 23.5 Å². The first-order chi connectivity index (χ1) is 14.1. The predicted octanol–water partition coefficient (Wildman–Crippen LogP) is 5.19. The van der Waals surface area contributed by atoms with E-state index in [-0.39, 0.29) is 4.90 Å². The molecule has 0 atom stereocenters. The minimum Gasteiger partial charge on any atom is -0.361 e. The second-order valence-electron chi connectivity index (χ2n) is 6.50. The fourth-order valence-corrected chi connectivity index (χ4v) is 6.01. The third-order valence-corrected chi connectivity index (χ3v) is 8.06. The summed E-state index contributed by atoms with van der Waals surface area (Å²) in [4.78, 5) is 12.9. The van der Waals surface area contributed by atoms with E-state index in [0.29, 0.717) is 4.21 Å². The molecule has 0 aliphatic carbocycles. The van der Waals surface area contributed by atoms with Crippen molar-refractivity contribution in [1.82, 2.24) is 15.0 Å². The summed E-state index contributed by atoms with van der Waals surface area (Å²) in [5.41, 5.74) is 3.61. The summed E-state index contributed by atoms with van der Waals surface area (Å²) in [5.74, 6) is 0. The molecule has 0 fully saturated rings. The number of hydrogen-bond acceptors (Lipinski definition) is 5. The predicted molar refractivity (Wildman–Crippen MR) is 115 cm³/mol. The standard InChI is InChI=1S/C22H15N3O2S2/c26-29(27,17-4-2-1-3-5-17)21-9-8-20(28-21)22-18(13-23-14-25-22)15-6-7-19-16(12-15)10-11-24-19/h1-14,24H. The summed E-state index contributed by atoms with van der Waals surface area (Å²) in [7, 11) is -3.55. The van der Waals surface area contributed by atoms with E-state index in [0.717, 1.165) is 32.6 Å². The lowest BCUT2D eigenvalue weighted by Crippen LogP contribution is -1.98. The molecule has 3 heterocycles. The van der Waals surface area contributed by atoms with Gasteiger partial charge in [-0.05, 0) is 53.4 Å². The third-order valence-electron chi connectivity index (χ3n) is 4.71. The van der Waals surface area contributed by atoms with Crippen molar-refractivity contribution in [2.75, 3.05) is 0 Å². The van der Waals surface area contributed by atoms with Crippen molar-refractivity contribution in [1.29, 1.82) is 0 Å². The Morgan fingerprint density at radius 2 is 1.79 bits per heavy atom. The molecular weight excluding hydrogens is 402 g/mol. The Balaban J connectivity index is 1.60. The normalized spacial score (nSPS) is 11.7. The van der Waals surface area contributed by atoms with Gasteiger partial charge in [0.1, 0.15) is 10.5 Å². The van der Waals surface area contributed by atoms with Gasteiger partial charge in [-0.1, -0.05) is 24.3 Å². The van der Waals surface area contributed by atoms with Crippen LogP contribution >= 0.6 is 11.3 Å². The molecule has 1 N–H and O–H groups in total. The van der Waals surface area contributed by atoms with Crippen molar-refractivity contribution in [2.45, 2.75) is 9.10 Å². The molecule has 0 spiro atoms. The SMILES string of the molecule is O=S(=O)(c1ccccc1)c1ccc(-c2ncncc2-c2ccc3[nH]ccc3c2)s1. The number of aromatic nitrogens is 3. The van der Waals surface area contributed by atoms with E-state index in [1.807, 2.05) is 24.4 Å². The number of H-pyrrole nitrogens is 1.